The van der Waals surface area contributed by atoms with Crippen LogP contribution in [0.3, 0.4) is 0 Å². The second kappa shape index (κ2) is 6.87. The summed E-state index contributed by atoms with van der Waals surface area (Å²) in [5.41, 5.74) is 1.25. The van der Waals surface area contributed by atoms with Gasteiger partial charge in [0.25, 0.3) is 10.2 Å². The van der Waals surface area contributed by atoms with Crippen molar-refractivity contribution in [3.05, 3.63) is 35.9 Å². The van der Waals surface area contributed by atoms with Crippen molar-refractivity contribution in [3.8, 4) is 0 Å². The summed E-state index contributed by atoms with van der Waals surface area (Å²) in [5.74, 6) is 0. The quantitative estimate of drug-likeness (QED) is 0.828. The van der Waals surface area contributed by atoms with Gasteiger partial charge < -0.3 is 4.74 Å². The standard InChI is InChI=1S/C15H24N2O3S/c1-13-11-17(21(18,19)16(2)3)12-15(20-13)10-9-14-7-5-4-6-8-14/h4-8,13,15H,9-12H2,1-3H3. The first-order valence-corrected chi connectivity index (χ1v) is 8.66. The molecule has 1 aliphatic heterocycles. The van der Waals surface area contributed by atoms with E-state index in [4.69, 9.17) is 4.74 Å². The Kier molecular flexibility index (Phi) is 5.37. The Morgan fingerprint density at radius 1 is 1.24 bits per heavy atom. The number of nitrogens with zero attached hydrogens (tertiary/aromatic N) is 2. The molecule has 2 atom stereocenters. The van der Waals surface area contributed by atoms with Gasteiger partial charge in [-0.15, -0.1) is 0 Å². The highest BCUT2D eigenvalue weighted by Crippen LogP contribution is 2.19. The van der Waals surface area contributed by atoms with E-state index in [1.165, 1.54) is 14.2 Å². The van der Waals surface area contributed by atoms with Gasteiger partial charge in [-0.25, -0.2) is 0 Å². The third kappa shape index (κ3) is 4.26. The lowest BCUT2D eigenvalue weighted by molar-refractivity contribution is -0.0577. The van der Waals surface area contributed by atoms with E-state index in [1.54, 1.807) is 14.1 Å². The van der Waals surface area contributed by atoms with Crippen LogP contribution in [-0.4, -0.2) is 56.4 Å². The maximum absolute atomic E-state index is 12.2. The summed E-state index contributed by atoms with van der Waals surface area (Å²) in [6.45, 7) is 2.77. The minimum atomic E-state index is -3.36. The fourth-order valence-corrected chi connectivity index (χ4v) is 3.77. The first-order chi connectivity index (χ1) is 9.89. The Hall–Kier alpha value is -0.950. The highest BCUT2D eigenvalue weighted by atomic mass is 32.2. The maximum atomic E-state index is 12.2. The largest absolute Gasteiger partial charge is 0.373 e. The summed E-state index contributed by atoms with van der Waals surface area (Å²) < 4.78 is 33.2. The highest BCUT2D eigenvalue weighted by molar-refractivity contribution is 7.86. The summed E-state index contributed by atoms with van der Waals surface area (Å²) in [5, 5.41) is 0. The number of benzene rings is 1. The summed E-state index contributed by atoms with van der Waals surface area (Å²) in [6, 6.07) is 10.2. The molecular formula is C15H24N2O3S. The Balaban J connectivity index is 1.98. The van der Waals surface area contributed by atoms with Crippen LogP contribution in [0.2, 0.25) is 0 Å². The van der Waals surface area contributed by atoms with Gasteiger partial charge in [-0.3, -0.25) is 0 Å². The van der Waals surface area contributed by atoms with Gasteiger partial charge in [0.15, 0.2) is 0 Å². The lowest BCUT2D eigenvalue weighted by Crippen LogP contribution is -2.52. The van der Waals surface area contributed by atoms with E-state index in [9.17, 15) is 8.42 Å². The second-order valence-electron chi connectivity index (χ2n) is 5.70. The minimum absolute atomic E-state index is 0.0521. The van der Waals surface area contributed by atoms with Crippen LogP contribution in [0.15, 0.2) is 30.3 Å². The SMILES string of the molecule is CC1CN(S(=O)(=O)N(C)C)CC(CCc2ccccc2)O1. The molecule has 0 radical (unpaired) electrons. The number of morpholine rings is 1. The van der Waals surface area contributed by atoms with E-state index in [0.29, 0.717) is 13.1 Å². The van der Waals surface area contributed by atoms with Gasteiger partial charge >= 0.3 is 0 Å². The molecule has 1 heterocycles. The monoisotopic (exact) mass is 312 g/mol. The molecule has 1 aromatic rings. The molecule has 0 amide bonds. The van der Waals surface area contributed by atoms with Crippen LogP contribution in [-0.2, 0) is 21.4 Å². The van der Waals surface area contributed by atoms with Gasteiger partial charge in [0.2, 0.25) is 0 Å². The molecule has 6 heteroatoms. The van der Waals surface area contributed by atoms with Crippen LogP contribution in [0.5, 0.6) is 0 Å². The Morgan fingerprint density at radius 2 is 1.90 bits per heavy atom. The van der Waals surface area contributed by atoms with Crippen molar-refractivity contribution in [1.29, 1.82) is 0 Å². The molecule has 1 aliphatic rings. The van der Waals surface area contributed by atoms with Crippen LogP contribution in [0.1, 0.15) is 18.9 Å². The Labute approximate surface area is 127 Å². The van der Waals surface area contributed by atoms with Crippen LogP contribution in [0.4, 0.5) is 0 Å². The van der Waals surface area contributed by atoms with E-state index in [-0.39, 0.29) is 12.2 Å². The molecule has 0 saturated carbocycles. The van der Waals surface area contributed by atoms with Gasteiger partial charge in [-0.05, 0) is 25.3 Å². The van der Waals surface area contributed by atoms with Gasteiger partial charge in [0.1, 0.15) is 0 Å². The normalized spacial score (nSPS) is 24.4. The Morgan fingerprint density at radius 3 is 2.52 bits per heavy atom. The predicted molar refractivity (Wildman–Crippen MR) is 83.3 cm³/mol. The van der Waals surface area contributed by atoms with E-state index in [1.807, 2.05) is 25.1 Å². The fourth-order valence-electron chi connectivity index (χ4n) is 2.55. The number of aryl methyl sites for hydroxylation is 1. The number of hydrogen-bond acceptors (Lipinski definition) is 3. The molecule has 1 saturated heterocycles. The molecule has 0 aliphatic carbocycles. The van der Waals surface area contributed by atoms with Crippen molar-refractivity contribution >= 4 is 10.2 Å². The van der Waals surface area contributed by atoms with Crippen molar-refractivity contribution in [2.24, 2.45) is 0 Å². The zero-order chi connectivity index (χ0) is 15.5. The van der Waals surface area contributed by atoms with Crippen molar-refractivity contribution in [2.75, 3.05) is 27.2 Å². The second-order valence-corrected chi connectivity index (χ2v) is 7.84. The minimum Gasteiger partial charge on any atom is -0.373 e. The first kappa shape index (κ1) is 16.4. The average Bonchev–Trinajstić information content (AvgIpc) is 2.45. The number of ether oxygens (including phenoxy) is 1. The average molecular weight is 312 g/mol. The molecule has 21 heavy (non-hydrogen) atoms. The third-order valence-corrected chi connectivity index (χ3v) is 5.55. The van der Waals surface area contributed by atoms with Crippen LogP contribution < -0.4 is 0 Å². The van der Waals surface area contributed by atoms with E-state index in [0.717, 1.165) is 12.8 Å². The van der Waals surface area contributed by atoms with Crippen molar-refractivity contribution < 1.29 is 13.2 Å². The molecule has 2 unspecified atom stereocenters. The van der Waals surface area contributed by atoms with Gasteiger partial charge in [-0.1, -0.05) is 30.3 Å². The van der Waals surface area contributed by atoms with Crippen LogP contribution in [0, 0.1) is 0 Å². The van der Waals surface area contributed by atoms with Crippen molar-refractivity contribution in [1.82, 2.24) is 8.61 Å². The summed E-state index contributed by atoms with van der Waals surface area (Å²) in [7, 11) is -0.234. The molecule has 0 aromatic heterocycles. The summed E-state index contributed by atoms with van der Waals surface area (Å²) in [6.07, 6.45) is 1.60. The highest BCUT2D eigenvalue weighted by Gasteiger charge is 2.33. The Bertz CT molecular complexity index is 545. The van der Waals surface area contributed by atoms with Gasteiger partial charge in [0.05, 0.1) is 12.2 Å². The molecule has 1 fully saturated rings. The molecular weight excluding hydrogens is 288 g/mol. The lowest BCUT2D eigenvalue weighted by atomic mass is 10.1. The molecule has 0 N–H and O–H groups in total. The lowest BCUT2D eigenvalue weighted by Gasteiger charge is -2.37. The zero-order valence-corrected chi connectivity index (χ0v) is 13.7. The predicted octanol–water partition coefficient (Wildman–Crippen LogP) is 1.51. The van der Waals surface area contributed by atoms with E-state index in [2.05, 4.69) is 12.1 Å². The van der Waals surface area contributed by atoms with E-state index < -0.39 is 10.2 Å². The molecule has 2 rings (SSSR count). The summed E-state index contributed by atoms with van der Waals surface area (Å²) in [4.78, 5) is 0. The number of hydrogen-bond donors (Lipinski definition) is 0. The van der Waals surface area contributed by atoms with Crippen LogP contribution in [0.25, 0.3) is 0 Å². The number of rotatable bonds is 5. The third-order valence-electron chi connectivity index (χ3n) is 3.68. The molecule has 118 valence electrons. The molecule has 0 spiro atoms. The van der Waals surface area contributed by atoms with Gasteiger partial charge in [0, 0.05) is 27.2 Å². The van der Waals surface area contributed by atoms with Crippen LogP contribution >= 0.6 is 0 Å². The van der Waals surface area contributed by atoms with Crippen molar-refractivity contribution in [2.45, 2.75) is 32.0 Å². The topological polar surface area (TPSA) is 49.9 Å². The van der Waals surface area contributed by atoms with E-state index >= 15 is 0 Å². The molecule has 1 aromatic carbocycles. The smallest absolute Gasteiger partial charge is 0.281 e. The summed E-state index contributed by atoms with van der Waals surface area (Å²) >= 11 is 0. The molecule has 5 nitrogen and oxygen atoms in total. The van der Waals surface area contributed by atoms with Crippen molar-refractivity contribution in [3.63, 3.8) is 0 Å². The maximum Gasteiger partial charge on any atom is 0.281 e. The zero-order valence-electron chi connectivity index (χ0n) is 12.9. The molecule has 0 bridgehead atoms. The first-order valence-electron chi connectivity index (χ1n) is 7.26. The van der Waals surface area contributed by atoms with Gasteiger partial charge in [-0.2, -0.15) is 17.0 Å². The fraction of sp³-hybridized carbons (Fsp3) is 0.600.